The Bertz CT molecular complexity index is 573. The summed E-state index contributed by atoms with van der Waals surface area (Å²) in [4.78, 5) is 0. The van der Waals surface area contributed by atoms with Crippen LogP contribution < -0.4 is 0 Å². The second-order valence-corrected chi connectivity index (χ2v) is 6.16. The van der Waals surface area contributed by atoms with E-state index in [2.05, 4.69) is 39.1 Å². The summed E-state index contributed by atoms with van der Waals surface area (Å²) in [6, 6.07) is 6.12. The quantitative estimate of drug-likeness (QED) is 0.793. The van der Waals surface area contributed by atoms with Crippen molar-refractivity contribution in [2.75, 3.05) is 0 Å². The van der Waals surface area contributed by atoms with Gasteiger partial charge in [-0.15, -0.1) is 10.2 Å². The lowest BCUT2D eigenvalue weighted by Gasteiger charge is -2.17. The molecule has 1 saturated carbocycles. The van der Waals surface area contributed by atoms with Gasteiger partial charge in [0.2, 0.25) is 11.8 Å². The first-order chi connectivity index (χ1) is 9.24. The number of rotatable bonds is 2. The molecule has 1 aromatic heterocycles. The second-order valence-electron chi connectivity index (χ2n) is 5.24. The molecule has 1 aliphatic carbocycles. The van der Waals surface area contributed by atoms with Gasteiger partial charge in [-0.1, -0.05) is 41.3 Å². The predicted octanol–water partition coefficient (Wildman–Crippen LogP) is 4.86. The summed E-state index contributed by atoms with van der Waals surface area (Å²) in [6.07, 6.45) is 6.25. The molecule has 2 aromatic rings. The first-order valence-electron chi connectivity index (χ1n) is 6.84. The maximum atomic E-state index is 5.90. The Morgan fingerprint density at radius 3 is 2.74 bits per heavy atom. The van der Waals surface area contributed by atoms with E-state index in [0.29, 0.717) is 11.8 Å². The van der Waals surface area contributed by atoms with E-state index >= 15 is 0 Å². The topological polar surface area (TPSA) is 38.9 Å². The van der Waals surface area contributed by atoms with Crippen molar-refractivity contribution in [2.45, 2.75) is 44.9 Å². The van der Waals surface area contributed by atoms with Crippen LogP contribution >= 0.6 is 15.9 Å². The Hall–Kier alpha value is -1.16. The molecule has 0 radical (unpaired) electrons. The van der Waals surface area contributed by atoms with Gasteiger partial charge in [-0.2, -0.15) is 0 Å². The molecule has 0 bridgehead atoms. The van der Waals surface area contributed by atoms with Crippen LogP contribution in [0.5, 0.6) is 0 Å². The lowest BCUT2D eigenvalue weighted by Crippen LogP contribution is -2.04. The van der Waals surface area contributed by atoms with Crippen LogP contribution in [0.4, 0.5) is 0 Å². The number of aryl methyl sites for hydroxylation is 1. The van der Waals surface area contributed by atoms with E-state index < -0.39 is 0 Å². The Balaban J connectivity index is 1.89. The smallest absolute Gasteiger partial charge is 0.248 e. The van der Waals surface area contributed by atoms with Crippen LogP contribution in [0, 0.1) is 6.92 Å². The van der Waals surface area contributed by atoms with Crippen LogP contribution in [0.2, 0.25) is 0 Å². The molecule has 19 heavy (non-hydrogen) atoms. The average Bonchev–Trinajstić information content (AvgIpc) is 2.92. The van der Waals surface area contributed by atoms with Gasteiger partial charge in [0, 0.05) is 16.0 Å². The van der Waals surface area contributed by atoms with Gasteiger partial charge in [0.1, 0.15) is 0 Å². The highest BCUT2D eigenvalue weighted by Crippen LogP contribution is 2.34. The SMILES string of the molecule is Cc1ccc(Br)cc1-c1nnc(C2CCCCC2)o1. The largest absolute Gasteiger partial charge is 0.420 e. The molecule has 0 saturated heterocycles. The minimum Gasteiger partial charge on any atom is -0.420 e. The zero-order valence-corrected chi connectivity index (χ0v) is 12.6. The number of aromatic nitrogens is 2. The van der Waals surface area contributed by atoms with Crippen molar-refractivity contribution in [3.05, 3.63) is 34.1 Å². The van der Waals surface area contributed by atoms with Crippen LogP contribution in [0.25, 0.3) is 11.5 Å². The molecule has 0 amide bonds. The number of benzene rings is 1. The monoisotopic (exact) mass is 320 g/mol. The van der Waals surface area contributed by atoms with E-state index in [1.54, 1.807) is 0 Å². The van der Waals surface area contributed by atoms with Crippen LogP contribution in [-0.4, -0.2) is 10.2 Å². The van der Waals surface area contributed by atoms with E-state index in [1.807, 2.05) is 12.1 Å². The molecule has 1 heterocycles. The van der Waals surface area contributed by atoms with E-state index in [-0.39, 0.29) is 0 Å². The van der Waals surface area contributed by atoms with E-state index in [0.717, 1.165) is 21.5 Å². The third kappa shape index (κ3) is 2.73. The van der Waals surface area contributed by atoms with Gasteiger partial charge in [0.15, 0.2) is 0 Å². The van der Waals surface area contributed by atoms with Gasteiger partial charge < -0.3 is 4.42 Å². The zero-order chi connectivity index (χ0) is 13.2. The van der Waals surface area contributed by atoms with E-state index in [4.69, 9.17) is 4.42 Å². The third-order valence-electron chi connectivity index (χ3n) is 3.83. The lowest BCUT2D eigenvalue weighted by molar-refractivity contribution is 0.367. The Kier molecular flexibility index (Phi) is 3.69. The normalized spacial score (nSPS) is 16.7. The van der Waals surface area contributed by atoms with Gasteiger partial charge in [-0.3, -0.25) is 0 Å². The van der Waals surface area contributed by atoms with Gasteiger partial charge in [0.25, 0.3) is 0 Å². The maximum absolute atomic E-state index is 5.90. The van der Waals surface area contributed by atoms with Crippen molar-refractivity contribution in [3.63, 3.8) is 0 Å². The Labute approximate surface area is 121 Å². The van der Waals surface area contributed by atoms with E-state index in [9.17, 15) is 0 Å². The summed E-state index contributed by atoms with van der Waals surface area (Å²) < 4.78 is 6.93. The summed E-state index contributed by atoms with van der Waals surface area (Å²) in [5.74, 6) is 1.91. The van der Waals surface area contributed by atoms with Gasteiger partial charge in [-0.25, -0.2) is 0 Å². The highest BCUT2D eigenvalue weighted by molar-refractivity contribution is 9.10. The van der Waals surface area contributed by atoms with Crippen LogP contribution in [0.3, 0.4) is 0 Å². The summed E-state index contributed by atoms with van der Waals surface area (Å²) in [5.41, 5.74) is 2.17. The molecule has 1 aromatic carbocycles. The zero-order valence-electron chi connectivity index (χ0n) is 11.0. The molecular formula is C15H17BrN2O. The molecule has 1 aliphatic rings. The highest BCUT2D eigenvalue weighted by Gasteiger charge is 2.22. The standard InChI is InChI=1S/C15H17BrN2O/c1-10-7-8-12(16)9-13(10)15-18-17-14(19-15)11-5-3-2-4-6-11/h7-9,11H,2-6H2,1H3. The average molecular weight is 321 g/mol. The Morgan fingerprint density at radius 1 is 1.16 bits per heavy atom. The molecular weight excluding hydrogens is 304 g/mol. The second kappa shape index (κ2) is 5.45. The number of halogens is 1. The van der Waals surface area contributed by atoms with Gasteiger partial charge >= 0.3 is 0 Å². The summed E-state index contributed by atoms with van der Waals surface area (Å²) in [5, 5.41) is 8.48. The predicted molar refractivity (Wildman–Crippen MR) is 78.0 cm³/mol. The summed E-state index contributed by atoms with van der Waals surface area (Å²) in [7, 11) is 0. The first-order valence-corrected chi connectivity index (χ1v) is 7.63. The van der Waals surface area contributed by atoms with Crippen molar-refractivity contribution in [2.24, 2.45) is 0 Å². The fraction of sp³-hybridized carbons (Fsp3) is 0.467. The number of hydrogen-bond donors (Lipinski definition) is 0. The minimum atomic E-state index is 0.461. The third-order valence-corrected chi connectivity index (χ3v) is 4.32. The molecule has 3 rings (SSSR count). The van der Waals surface area contributed by atoms with Crippen molar-refractivity contribution >= 4 is 15.9 Å². The van der Waals surface area contributed by atoms with Crippen molar-refractivity contribution in [3.8, 4) is 11.5 Å². The van der Waals surface area contributed by atoms with Crippen molar-refractivity contribution in [1.29, 1.82) is 0 Å². The molecule has 3 nitrogen and oxygen atoms in total. The molecule has 100 valence electrons. The van der Waals surface area contributed by atoms with Crippen molar-refractivity contribution < 1.29 is 4.42 Å². The van der Waals surface area contributed by atoms with Crippen LogP contribution in [-0.2, 0) is 0 Å². The first kappa shape index (κ1) is 12.9. The van der Waals surface area contributed by atoms with Crippen LogP contribution in [0.1, 0.15) is 49.5 Å². The van der Waals surface area contributed by atoms with Crippen LogP contribution in [0.15, 0.2) is 27.1 Å². The summed E-state index contributed by atoms with van der Waals surface area (Å²) >= 11 is 3.49. The number of hydrogen-bond acceptors (Lipinski definition) is 3. The molecule has 4 heteroatoms. The lowest BCUT2D eigenvalue weighted by atomic mass is 9.89. The highest BCUT2D eigenvalue weighted by atomic mass is 79.9. The van der Waals surface area contributed by atoms with E-state index in [1.165, 1.54) is 32.1 Å². The molecule has 0 unspecified atom stereocenters. The summed E-state index contributed by atoms with van der Waals surface area (Å²) in [6.45, 7) is 2.06. The molecule has 1 fully saturated rings. The fourth-order valence-electron chi connectivity index (χ4n) is 2.68. The molecule has 0 spiro atoms. The maximum Gasteiger partial charge on any atom is 0.248 e. The molecule has 0 N–H and O–H groups in total. The van der Waals surface area contributed by atoms with Crippen molar-refractivity contribution in [1.82, 2.24) is 10.2 Å². The molecule has 0 atom stereocenters. The minimum absolute atomic E-state index is 0.461. The Morgan fingerprint density at radius 2 is 1.95 bits per heavy atom. The van der Waals surface area contributed by atoms with Gasteiger partial charge in [0.05, 0.1) is 0 Å². The number of nitrogens with zero attached hydrogens (tertiary/aromatic N) is 2. The fourth-order valence-corrected chi connectivity index (χ4v) is 3.04. The molecule has 0 aliphatic heterocycles. The van der Waals surface area contributed by atoms with Gasteiger partial charge in [-0.05, 0) is 37.5 Å².